The zero-order chi connectivity index (χ0) is 12.7. The van der Waals surface area contributed by atoms with Crippen LogP contribution in [-0.4, -0.2) is 16.5 Å². The van der Waals surface area contributed by atoms with Crippen LogP contribution < -0.4 is 11.1 Å². The number of nitrogens with zero attached hydrogens (tertiary/aromatic N) is 2. The Hall–Kier alpha value is -1.32. The molecular formula is C13H24N4. The highest BCUT2D eigenvalue weighted by Gasteiger charge is 2.00. The Morgan fingerprint density at radius 1 is 1.29 bits per heavy atom. The molecule has 4 nitrogen and oxygen atoms in total. The standard InChI is InChI=1S/C13H24N4/c1-4-12-16-11(14)9-13(17-12)15-8-6-5-7-10(2)3/h9-10H,4-8H2,1-3H3,(H3,14,15,16,17). The Morgan fingerprint density at radius 3 is 2.71 bits per heavy atom. The lowest BCUT2D eigenvalue weighted by Gasteiger charge is -2.08. The molecule has 0 fully saturated rings. The van der Waals surface area contributed by atoms with Gasteiger partial charge in [-0.2, -0.15) is 0 Å². The van der Waals surface area contributed by atoms with E-state index in [-0.39, 0.29) is 0 Å². The molecule has 0 unspecified atom stereocenters. The first-order valence-electron chi connectivity index (χ1n) is 6.49. The van der Waals surface area contributed by atoms with Crippen LogP contribution in [0.5, 0.6) is 0 Å². The zero-order valence-electron chi connectivity index (χ0n) is 11.2. The largest absolute Gasteiger partial charge is 0.384 e. The van der Waals surface area contributed by atoms with Gasteiger partial charge in [0.25, 0.3) is 0 Å². The SMILES string of the molecule is CCc1nc(N)cc(NCCCCC(C)C)n1. The number of aromatic nitrogens is 2. The number of aryl methyl sites for hydroxylation is 1. The summed E-state index contributed by atoms with van der Waals surface area (Å²) >= 11 is 0. The first kappa shape index (κ1) is 13.7. The maximum absolute atomic E-state index is 5.71. The number of rotatable bonds is 7. The van der Waals surface area contributed by atoms with Gasteiger partial charge in [-0.1, -0.05) is 33.6 Å². The molecule has 4 heteroatoms. The topological polar surface area (TPSA) is 63.8 Å². The van der Waals surface area contributed by atoms with Crippen molar-refractivity contribution < 1.29 is 0 Å². The fourth-order valence-corrected chi connectivity index (χ4v) is 1.66. The van der Waals surface area contributed by atoms with Crippen LogP contribution in [-0.2, 0) is 6.42 Å². The normalized spacial score (nSPS) is 10.8. The Bertz CT molecular complexity index is 336. The maximum Gasteiger partial charge on any atom is 0.132 e. The zero-order valence-corrected chi connectivity index (χ0v) is 11.2. The first-order valence-corrected chi connectivity index (χ1v) is 6.49. The van der Waals surface area contributed by atoms with E-state index >= 15 is 0 Å². The molecule has 96 valence electrons. The average molecular weight is 236 g/mol. The van der Waals surface area contributed by atoms with E-state index in [1.165, 1.54) is 19.3 Å². The van der Waals surface area contributed by atoms with Gasteiger partial charge < -0.3 is 11.1 Å². The number of nitrogen functional groups attached to an aromatic ring is 1. The lowest BCUT2D eigenvalue weighted by molar-refractivity contribution is 0.544. The van der Waals surface area contributed by atoms with Crippen molar-refractivity contribution in [3.63, 3.8) is 0 Å². The van der Waals surface area contributed by atoms with Gasteiger partial charge in [0, 0.05) is 19.0 Å². The van der Waals surface area contributed by atoms with E-state index in [4.69, 9.17) is 5.73 Å². The molecule has 0 saturated heterocycles. The van der Waals surface area contributed by atoms with Crippen LogP contribution in [0.1, 0.15) is 45.9 Å². The van der Waals surface area contributed by atoms with Crippen LogP contribution in [0.2, 0.25) is 0 Å². The van der Waals surface area contributed by atoms with E-state index in [2.05, 4.69) is 29.1 Å². The van der Waals surface area contributed by atoms with Crippen molar-refractivity contribution >= 4 is 11.6 Å². The van der Waals surface area contributed by atoms with Gasteiger partial charge in [-0.3, -0.25) is 0 Å². The van der Waals surface area contributed by atoms with Gasteiger partial charge >= 0.3 is 0 Å². The average Bonchev–Trinajstić information content (AvgIpc) is 2.27. The Balaban J connectivity index is 2.33. The fraction of sp³-hybridized carbons (Fsp3) is 0.692. The van der Waals surface area contributed by atoms with Gasteiger partial charge in [0.2, 0.25) is 0 Å². The second-order valence-corrected chi connectivity index (χ2v) is 4.76. The summed E-state index contributed by atoms with van der Waals surface area (Å²) in [6.45, 7) is 7.49. The third-order valence-electron chi connectivity index (χ3n) is 2.62. The summed E-state index contributed by atoms with van der Waals surface area (Å²) in [4.78, 5) is 8.53. The van der Waals surface area contributed by atoms with E-state index in [0.717, 1.165) is 30.5 Å². The number of nitrogens with one attached hydrogen (secondary N) is 1. The molecule has 0 radical (unpaired) electrons. The van der Waals surface area contributed by atoms with E-state index in [9.17, 15) is 0 Å². The van der Waals surface area contributed by atoms with E-state index < -0.39 is 0 Å². The summed E-state index contributed by atoms with van der Waals surface area (Å²) in [6.07, 6.45) is 4.52. The van der Waals surface area contributed by atoms with Gasteiger partial charge in [-0.05, 0) is 12.3 Å². The number of hydrogen-bond acceptors (Lipinski definition) is 4. The number of anilines is 2. The third kappa shape index (κ3) is 5.52. The van der Waals surface area contributed by atoms with Gasteiger partial charge in [-0.25, -0.2) is 9.97 Å². The highest BCUT2D eigenvalue weighted by atomic mass is 15.0. The summed E-state index contributed by atoms with van der Waals surface area (Å²) in [5, 5.41) is 3.30. The third-order valence-corrected chi connectivity index (χ3v) is 2.62. The van der Waals surface area contributed by atoms with Crippen molar-refractivity contribution in [1.29, 1.82) is 0 Å². The number of unbranched alkanes of at least 4 members (excludes halogenated alkanes) is 1. The lowest BCUT2D eigenvalue weighted by Crippen LogP contribution is -2.07. The number of nitrogens with two attached hydrogens (primary N) is 1. The monoisotopic (exact) mass is 236 g/mol. The van der Waals surface area contributed by atoms with E-state index in [1.54, 1.807) is 6.07 Å². The van der Waals surface area contributed by atoms with Crippen molar-refractivity contribution in [2.45, 2.75) is 46.5 Å². The van der Waals surface area contributed by atoms with E-state index in [1.807, 2.05) is 6.92 Å². The molecule has 1 aromatic heterocycles. The quantitative estimate of drug-likeness (QED) is 0.714. The van der Waals surface area contributed by atoms with Gasteiger partial charge in [-0.15, -0.1) is 0 Å². The predicted molar refractivity (Wildman–Crippen MR) is 73.0 cm³/mol. The second-order valence-electron chi connectivity index (χ2n) is 4.76. The minimum atomic E-state index is 0.543. The van der Waals surface area contributed by atoms with E-state index in [0.29, 0.717) is 5.82 Å². The first-order chi connectivity index (χ1) is 8.11. The fourth-order valence-electron chi connectivity index (χ4n) is 1.66. The van der Waals surface area contributed by atoms with Gasteiger partial charge in [0.05, 0.1) is 0 Å². The van der Waals surface area contributed by atoms with Crippen LogP contribution in [0.3, 0.4) is 0 Å². The summed E-state index contributed by atoms with van der Waals surface area (Å²) < 4.78 is 0. The second kappa shape index (κ2) is 7.09. The molecule has 0 saturated carbocycles. The van der Waals surface area contributed by atoms with Crippen LogP contribution in [0.4, 0.5) is 11.6 Å². The molecule has 0 atom stereocenters. The molecule has 0 bridgehead atoms. The Labute approximate surface area is 104 Å². The minimum Gasteiger partial charge on any atom is -0.384 e. The molecular weight excluding hydrogens is 212 g/mol. The number of hydrogen-bond donors (Lipinski definition) is 2. The lowest BCUT2D eigenvalue weighted by atomic mass is 10.1. The minimum absolute atomic E-state index is 0.543. The van der Waals surface area contributed by atoms with Crippen molar-refractivity contribution in [3.8, 4) is 0 Å². The molecule has 0 aliphatic rings. The molecule has 1 aromatic rings. The Kier molecular flexibility index (Phi) is 5.73. The predicted octanol–water partition coefficient (Wildman–Crippen LogP) is 2.86. The van der Waals surface area contributed by atoms with Crippen molar-refractivity contribution in [2.75, 3.05) is 17.6 Å². The molecule has 0 spiro atoms. The van der Waals surface area contributed by atoms with Gasteiger partial charge in [0.1, 0.15) is 17.5 Å². The van der Waals surface area contributed by atoms with Crippen molar-refractivity contribution in [1.82, 2.24) is 9.97 Å². The summed E-state index contributed by atoms with van der Waals surface area (Å²) in [6, 6.07) is 1.79. The summed E-state index contributed by atoms with van der Waals surface area (Å²) in [5.74, 6) is 2.98. The van der Waals surface area contributed by atoms with Crippen LogP contribution in [0, 0.1) is 5.92 Å². The summed E-state index contributed by atoms with van der Waals surface area (Å²) in [5.41, 5.74) is 5.71. The van der Waals surface area contributed by atoms with Crippen molar-refractivity contribution in [2.24, 2.45) is 5.92 Å². The molecule has 0 aliphatic heterocycles. The maximum atomic E-state index is 5.71. The van der Waals surface area contributed by atoms with Crippen LogP contribution in [0.25, 0.3) is 0 Å². The molecule has 0 aromatic carbocycles. The molecule has 0 aliphatic carbocycles. The molecule has 17 heavy (non-hydrogen) atoms. The highest BCUT2D eigenvalue weighted by molar-refractivity contribution is 5.44. The summed E-state index contributed by atoms with van der Waals surface area (Å²) in [7, 11) is 0. The Morgan fingerprint density at radius 2 is 2.06 bits per heavy atom. The van der Waals surface area contributed by atoms with Crippen molar-refractivity contribution in [3.05, 3.63) is 11.9 Å². The van der Waals surface area contributed by atoms with Crippen LogP contribution in [0.15, 0.2) is 6.07 Å². The van der Waals surface area contributed by atoms with Gasteiger partial charge in [0.15, 0.2) is 0 Å². The smallest absolute Gasteiger partial charge is 0.132 e. The molecule has 1 heterocycles. The molecule has 1 rings (SSSR count). The molecule has 0 amide bonds. The highest BCUT2D eigenvalue weighted by Crippen LogP contribution is 2.10. The van der Waals surface area contributed by atoms with Crippen LogP contribution >= 0.6 is 0 Å². The molecule has 3 N–H and O–H groups in total.